The van der Waals surface area contributed by atoms with Crippen molar-refractivity contribution in [3.63, 3.8) is 0 Å². The predicted molar refractivity (Wildman–Crippen MR) is 67.3 cm³/mol. The van der Waals surface area contributed by atoms with Crippen molar-refractivity contribution in [3.05, 3.63) is 0 Å². The minimum Gasteiger partial charge on any atom is -0.396 e. The Bertz CT molecular complexity index is 273. The monoisotopic (exact) mass is 251 g/mol. The van der Waals surface area contributed by atoms with Crippen LogP contribution in [0.3, 0.4) is 0 Å². The molecule has 0 aliphatic rings. The van der Waals surface area contributed by atoms with E-state index in [1.54, 1.807) is 0 Å². The van der Waals surface area contributed by atoms with Crippen LogP contribution in [0.1, 0.15) is 33.6 Å². The maximum Gasteiger partial charge on any atom is 0.151 e. The Morgan fingerprint density at radius 1 is 1.25 bits per heavy atom. The van der Waals surface area contributed by atoms with Crippen LogP contribution in [-0.4, -0.2) is 44.7 Å². The molecule has 0 aromatic rings. The predicted octanol–water partition coefficient (Wildman–Crippen LogP) is 0.809. The molecule has 0 radical (unpaired) electrons. The molecular weight excluding hydrogens is 226 g/mol. The van der Waals surface area contributed by atoms with E-state index in [4.69, 9.17) is 5.11 Å². The van der Waals surface area contributed by atoms with Crippen LogP contribution < -0.4 is 5.32 Å². The maximum absolute atomic E-state index is 11.4. The molecule has 0 unspecified atom stereocenters. The topological polar surface area (TPSA) is 66.4 Å². The first-order valence-electron chi connectivity index (χ1n) is 5.85. The lowest BCUT2D eigenvalue weighted by Crippen LogP contribution is -2.33. The molecule has 0 aliphatic carbocycles. The Hall–Kier alpha value is -0.130. The molecule has 0 heterocycles. The minimum atomic E-state index is -2.87. The first kappa shape index (κ1) is 15.9. The second-order valence-corrected chi connectivity index (χ2v) is 7.27. The third kappa shape index (κ3) is 8.07. The highest BCUT2D eigenvalue weighted by Crippen LogP contribution is 2.17. The third-order valence-corrected chi connectivity index (χ3v) is 4.35. The summed E-state index contributed by atoms with van der Waals surface area (Å²) in [6.07, 6.45) is 1.40. The summed E-state index contributed by atoms with van der Waals surface area (Å²) in [4.78, 5) is 0. The lowest BCUT2D eigenvalue weighted by Gasteiger charge is -2.23. The number of aliphatic hydroxyl groups is 1. The fourth-order valence-electron chi connectivity index (χ4n) is 1.46. The highest BCUT2D eigenvalue weighted by molar-refractivity contribution is 7.91. The lowest BCUT2D eigenvalue weighted by molar-refractivity contribution is 0.208. The zero-order valence-corrected chi connectivity index (χ0v) is 11.4. The molecule has 98 valence electrons. The van der Waals surface area contributed by atoms with E-state index in [-0.39, 0.29) is 23.5 Å². The van der Waals surface area contributed by atoms with Gasteiger partial charge in [0, 0.05) is 25.4 Å². The second kappa shape index (κ2) is 7.25. The van der Waals surface area contributed by atoms with Crippen molar-refractivity contribution in [2.24, 2.45) is 5.41 Å². The number of aliphatic hydroxyl groups excluding tert-OH is 1. The summed E-state index contributed by atoms with van der Waals surface area (Å²) >= 11 is 0. The molecule has 4 nitrogen and oxygen atoms in total. The molecule has 0 saturated carbocycles. The summed E-state index contributed by atoms with van der Waals surface area (Å²) in [7, 11) is -2.87. The molecule has 0 rings (SSSR count). The number of sulfone groups is 1. The molecule has 0 amide bonds. The molecule has 0 aromatic heterocycles. The molecule has 0 bridgehead atoms. The fourth-order valence-corrected chi connectivity index (χ4v) is 2.74. The Labute approximate surface area is 99.4 Å². The zero-order valence-electron chi connectivity index (χ0n) is 10.6. The summed E-state index contributed by atoms with van der Waals surface area (Å²) in [5.74, 6) is 0.477. The summed E-state index contributed by atoms with van der Waals surface area (Å²) < 4.78 is 22.8. The van der Waals surface area contributed by atoms with Gasteiger partial charge in [-0.3, -0.25) is 0 Å². The van der Waals surface area contributed by atoms with Crippen molar-refractivity contribution in [3.8, 4) is 0 Å². The highest BCUT2D eigenvalue weighted by Gasteiger charge is 2.17. The summed E-state index contributed by atoms with van der Waals surface area (Å²) in [5.41, 5.74) is 0.0171. The van der Waals surface area contributed by atoms with E-state index < -0.39 is 9.84 Å². The normalized spacial score (nSPS) is 13.0. The van der Waals surface area contributed by atoms with E-state index in [1.807, 2.05) is 6.92 Å². The van der Waals surface area contributed by atoms with E-state index in [0.717, 1.165) is 13.0 Å². The van der Waals surface area contributed by atoms with Gasteiger partial charge in [0.25, 0.3) is 0 Å². The van der Waals surface area contributed by atoms with Crippen LogP contribution in [0.15, 0.2) is 0 Å². The smallest absolute Gasteiger partial charge is 0.151 e. The van der Waals surface area contributed by atoms with Crippen LogP contribution in [0.5, 0.6) is 0 Å². The SMILES string of the molecule is CCCS(=O)(=O)CCNCC(C)(C)CCO. The van der Waals surface area contributed by atoms with E-state index in [0.29, 0.717) is 13.0 Å². The average Bonchev–Trinajstić information content (AvgIpc) is 2.12. The molecule has 0 aliphatic heterocycles. The van der Waals surface area contributed by atoms with E-state index >= 15 is 0 Å². The quantitative estimate of drug-likeness (QED) is 0.595. The Morgan fingerprint density at radius 2 is 1.88 bits per heavy atom. The number of hydrogen-bond acceptors (Lipinski definition) is 4. The van der Waals surface area contributed by atoms with Gasteiger partial charge in [-0.05, 0) is 18.3 Å². The number of hydrogen-bond donors (Lipinski definition) is 2. The molecule has 0 saturated heterocycles. The lowest BCUT2D eigenvalue weighted by atomic mass is 9.90. The zero-order chi connectivity index (χ0) is 12.7. The molecule has 5 heteroatoms. The van der Waals surface area contributed by atoms with Gasteiger partial charge in [-0.15, -0.1) is 0 Å². The molecule has 16 heavy (non-hydrogen) atoms. The largest absolute Gasteiger partial charge is 0.396 e. The standard InChI is InChI=1S/C11H25NO3S/c1-4-8-16(14,15)9-6-12-10-11(2,3)5-7-13/h12-13H,4-10H2,1-3H3. The summed E-state index contributed by atoms with van der Waals surface area (Å²) in [6.45, 7) is 7.37. The average molecular weight is 251 g/mol. The number of nitrogens with one attached hydrogen (secondary N) is 1. The highest BCUT2D eigenvalue weighted by atomic mass is 32.2. The second-order valence-electron chi connectivity index (χ2n) is 4.97. The molecular formula is C11H25NO3S. The van der Waals surface area contributed by atoms with Crippen molar-refractivity contribution in [2.75, 3.05) is 31.2 Å². The van der Waals surface area contributed by atoms with Gasteiger partial charge in [-0.2, -0.15) is 0 Å². The molecule has 0 spiro atoms. The molecule has 0 fully saturated rings. The van der Waals surface area contributed by atoms with E-state index in [9.17, 15) is 8.42 Å². The molecule has 2 N–H and O–H groups in total. The van der Waals surface area contributed by atoms with Crippen LogP contribution in [0.4, 0.5) is 0 Å². The Kier molecular flexibility index (Phi) is 7.19. The van der Waals surface area contributed by atoms with Crippen molar-refractivity contribution in [1.29, 1.82) is 0 Å². The van der Waals surface area contributed by atoms with Gasteiger partial charge in [-0.25, -0.2) is 8.42 Å². The maximum atomic E-state index is 11.4. The summed E-state index contributed by atoms with van der Waals surface area (Å²) in [5, 5.41) is 12.0. The van der Waals surface area contributed by atoms with Gasteiger partial charge >= 0.3 is 0 Å². The van der Waals surface area contributed by atoms with Gasteiger partial charge in [0.1, 0.15) is 0 Å². The first-order valence-corrected chi connectivity index (χ1v) is 7.67. The van der Waals surface area contributed by atoms with E-state index in [1.165, 1.54) is 0 Å². The first-order chi connectivity index (χ1) is 7.33. The minimum absolute atomic E-state index is 0.0171. The molecule has 0 aromatic carbocycles. The summed E-state index contributed by atoms with van der Waals surface area (Å²) in [6, 6.07) is 0. The van der Waals surface area contributed by atoms with Gasteiger partial charge in [-0.1, -0.05) is 20.8 Å². The van der Waals surface area contributed by atoms with E-state index in [2.05, 4.69) is 19.2 Å². The van der Waals surface area contributed by atoms with Crippen LogP contribution >= 0.6 is 0 Å². The van der Waals surface area contributed by atoms with Gasteiger partial charge in [0.2, 0.25) is 0 Å². The third-order valence-electron chi connectivity index (χ3n) is 2.50. The van der Waals surface area contributed by atoms with Gasteiger partial charge in [0.15, 0.2) is 9.84 Å². The van der Waals surface area contributed by atoms with Crippen LogP contribution in [0.25, 0.3) is 0 Å². The Balaban J connectivity index is 3.76. The van der Waals surface area contributed by atoms with Crippen molar-refractivity contribution in [1.82, 2.24) is 5.32 Å². The van der Waals surface area contributed by atoms with Gasteiger partial charge in [0.05, 0.1) is 5.75 Å². The van der Waals surface area contributed by atoms with Crippen LogP contribution in [0.2, 0.25) is 0 Å². The Morgan fingerprint density at radius 3 is 2.38 bits per heavy atom. The molecule has 0 atom stereocenters. The van der Waals surface area contributed by atoms with Crippen molar-refractivity contribution >= 4 is 9.84 Å². The van der Waals surface area contributed by atoms with Gasteiger partial charge < -0.3 is 10.4 Å². The van der Waals surface area contributed by atoms with Crippen molar-refractivity contribution < 1.29 is 13.5 Å². The fraction of sp³-hybridized carbons (Fsp3) is 1.00. The van der Waals surface area contributed by atoms with Crippen LogP contribution in [0, 0.1) is 5.41 Å². The number of rotatable bonds is 9. The van der Waals surface area contributed by atoms with Crippen molar-refractivity contribution in [2.45, 2.75) is 33.6 Å². The van der Waals surface area contributed by atoms with Crippen LogP contribution in [-0.2, 0) is 9.84 Å².